The maximum absolute atomic E-state index is 13.6. The van der Waals surface area contributed by atoms with Crippen molar-refractivity contribution >= 4 is 28.8 Å². The standard InChI is InChI=1S/C33H40N4O5/c1-33(2,31(39)36-16-14-23(15-17-36)34-32(40)41)35-30(38)22-12-13-24-26(20-22)37-18-19-42-27-11-7-6-10-25(27)29(37)28(24)21-8-4-3-5-9-21/h6-7,10-13,20-21,23,34H,3-5,8-9,14-19H2,1-2H3,(H,35,38)(H,40,41). The third-order valence-corrected chi connectivity index (χ3v) is 9.16. The molecule has 2 aliphatic heterocycles. The number of hydrogen-bond donors (Lipinski definition) is 3. The number of nitrogens with one attached hydrogen (secondary N) is 2. The topological polar surface area (TPSA) is 113 Å². The number of amides is 3. The van der Waals surface area contributed by atoms with Crippen molar-refractivity contribution in [2.24, 2.45) is 0 Å². The second-order valence-corrected chi connectivity index (χ2v) is 12.4. The number of piperidine rings is 1. The molecule has 3 aliphatic rings. The predicted octanol–water partition coefficient (Wildman–Crippen LogP) is 5.52. The van der Waals surface area contributed by atoms with Crippen molar-refractivity contribution in [3.05, 3.63) is 53.6 Å². The molecular formula is C33H40N4O5. The van der Waals surface area contributed by atoms with Crippen LogP contribution in [-0.2, 0) is 11.3 Å². The Bertz CT molecular complexity index is 1510. The Hall–Kier alpha value is -4.01. The second kappa shape index (κ2) is 11.3. The van der Waals surface area contributed by atoms with Crippen LogP contribution in [0.2, 0.25) is 0 Å². The van der Waals surface area contributed by atoms with Gasteiger partial charge in [0.25, 0.3) is 5.91 Å². The van der Waals surface area contributed by atoms with Crippen molar-refractivity contribution in [1.82, 2.24) is 20.1 Å². The molecule has 1 saturated carbocycles. The first-order valence-corrected chi connectivity index (χ1v) is 15.2. The third kappa shape index (κ3) is 5.32. The maximum atomic E-state index is 13.6. The summed E-state index contributed by atoms with van der Waals surface area (Å²) in [5, 5.41) is 15.7. The Morgan fingerprint density at radius 1 is 0.952 bits per heavy atom. The minimum Gasteiger partial charge on any atom is -0.491 e. The van der Waals surface area contributed by atoms with Gasteiger partial charge in [-0.05, 0) is 75.3 Å². The van der Waals surface area contributed by atoms with E-state index in [4.69, 9.17) is 9.84 Å². The fraction of sp³-hybridized carbons (Fsp3) is 0.485. The van der Waals surface area contributed by atoms with Gasteiger partial charge in [0, 0.05) is 41.2 Å². The van der Waals surface area contributed by atoms with E-state index < -0.39 is 11.6 Å². The van der Waals surface area contributed by atoms with Gasteiger partial charge in [-0.3, -0.25) is 9.59 Å². The van der Waals surface area contributed by atoms with Crippen LogP contribution in [0.25, 0.3) is 22.2 Å². The molecule has 6 rings (SSSR count). The fourth-order valence-electron chi connectivity index (χ4n) is 7.09. The highest BCUT2D eigenvalue weighted by atomic mass is 16.5. The van der Waals surface area contributed by atoms with E-state index in [9.17, 15) is 14.4 Å². The molecule has 0 spiro atoms. The molecule has 42 heavy (non-hydrogen) atoms. The van der Waals surface area contributed by atoms with Gasteiger partial charge in [-0.2, -0.15) is 0 Å². The summed E-state index contributed by atoms with van der Waals surface area (Å²) >= 11 is 0. The summed E-state index contributed by atoms with van der Waals surface area (Å²) in [5.41, 5.74) is 4.10. The highest BCUT2D eigenvalue weighted by Crippen LogP contribution is 2.47. The van der Waals surface area contributed by atoms with Crippen molar-refractivity contribution in [3.63, 3.8) is 0 Å². The normalized spacial score (nSPS) is 18.0. The SMILES string of the molecule is CC(C)(NC(=O)c1ccc2c(C3CCCCC3)c3n(c2c1)CCOc1ccccc1-3)C(=O)N1CCC(NC(=O)O)CC1. The van der Waals surface area contributed by atoms with Crippen molar-refractivity contribution in [3.8, 4) is 17.0 Å². The summed E-state index contributed by atoms with van der Waals surface area (Å²) in [4.78, 5) is 39.7. The molecule has 0 bridgehead atoms. The Labute approximate surface area is 246 Å². The van der Waals surface area contributed by atoms with E-state index in [0.29, 0.717) is 50.6 Å². The molecule has 9 heteroatoms. The van der Waals surface area contributed by atoms with Gasteiger partial charge in [0.1, 0.15) is 17.9 Å². The molecule has 222 valence electrons. The van der Waals surface area contributed by atoms with Crippen LogP contribution in [0.5, 0.6) is 5.75 Å². The lowest BCUT2D eigenvalue weighted by atomic mass is 9.81. The van der Waals surface area contributed by atoms with Crippen LogP contribution in [0, 0.1) is 0 Å². The monoisotopic (exact) mass is 572 g/mol. The number of fused-ring (bicyclic) bond motifs is 5. The molecule has 2 aromatic carbocycles. The van der Waals surface area contributed by atoms with Crippen molar-refractivity contribution in [2.75, 3.05) is 19.7 Å². The maximum Gasteiger partial charge on any atom is 0.404 e. The summed E-state index contributed by atoms with van der Waals surface area (Å²) in [5.74, 6) is 0.903. The van der Waals surface area contributed by atoms with Gasteiger partial charge >= 0.3 is 6.09 Å². The van der Waals surface area contributed by atoms with E-state index in [1.165, 1.54) is 35.9 Å². The van der Waals surface area contributed by atoms with Crippen LogP contribution in [0.15, 0.2) is 42.5 Å². The minimum absolute atomic E-state index is 0.163. The highest BCUT2D eigenvalue weighted by Gasteiger charge is 2.36. The second-order valence-electron chi connectivity index (χ2n) is 12.4. The fourth-order valence-corrected chi connectivity index (χ4v) is 7.09. The van der Waals surface area contributed by atoms with Gasteiger partial charge in [0.15, 0.2) is 0 Å². The van der Waals surface area contributed by atoms with E-state index in [1.54, 1.807) is 18.7 Å². The molecule has 1 aliphatic carbocycles. The molecule has 9 nitrogen and oxygen atoms in total. The first-order chi connectivity index (χ1) is 20.2. The third-order valence-electron chi connectivity index (χ3n) is 9.16. The number of carboxylic acid groups (broad SMARTS) is 1. The van der Waals surface area contributed by atoms with Crippen LogP contribution in [0.4, 0.5) is 4.79 Å². The zero-order chi connectivity index (χ0) is 29.4. The number of aromatic nitrogens is 1. The average molecular weight is 573 g/mol. The van der Waals surface area contributed by atoms with Crippen LogP contribution in [-0.4, -0.2) is 63.8 Å². The zero-order valence-electron chi connectivity index (χ0n) is 24.4. The first kappa shape index (κ1) is 28.1. The summed E-state index contributed by atoms with van der Waals surface area (Å²) < 4.78 is 8.49. The number of para-hydroxylation sites is 1. The summed E-state index contributed by atoms with van der Waals surface area (Å²) in [7, 11) is 0. The van der Waals surface area contributed by atoms with E-state index in [1.807, 2.05) is 24.3 Å². The smallest absolute Gasteiger partial charge is 0.404 e. The van der Waals surface area contributed by atoms with Crippen LogP contribution >= 0.6 is 0 Å². The largest absolute Gasteiger partial charge is 0.491 e. The van der Waals surface area contributed by atoms with Crippen LogP contribution in [0.1, 0.15) is 80.6 Å². The number of carbonyl (C=O) groups is 3. The van der Waals surface area contributed by atoms with E-state index in [-0.39, 0.29) is 17.9 Å². The summed E-state index contributed by atoms with van der Waals surface area (Å²) in [6.45, 7) is 5.58. The number of nitrogens with zero attached hydrogens (tertiary/aromatic N) is 2. The van der Waals surface area contributed by atoms with E-state index in [0.717, 1.165) is 29.7 Å². The molecule has 0 unspecified atom stereocenters. The molecular weight excluding hydrogens is 532 g/mol. The Morgan fingerprint density at radius 3 is 2.43 bits per heavy atom. The Balaban J connectivity index is 1.29. The average Bonchev–Trinajstić information content (AvgIpc) is 3.18. The van der Waals surface area contributed by atoms with Crippen molar-refractivity contribution in [1.29, 1.82) is 0 Å². The molecule has 0 radical (unpaired) electrons. The van der Waals surface area contributed by atoms with E-state index in [2.05, 4.69) is 33.4 Å². The predicted molar refractivity (Wildman–Crippen MR) is 161 cm³/mol. The van der Waals surface area contributed by atoms with Gasteiger partial charge in [-0.25, -0.2) is 4.79 Å². The summed E-state index contributed by atoms with van der Waals surface area (Å²) in [6.07, 6.45) is 6.11. The Kier molecular flexibility index (Phi) is 7.60. The first-order valence-electron chi connectivity index (χ1n) is 15.2. The number of carbonyl (C=O) groups excluding carboxylic acids is 2. The molecule has 3 N–H and O–H groups in total. The van der Waals surface area contributed by atoms with Gasteiger partial charge in [-0.15, -0.1) is 0 Å². The van der Waals surface area contributed by atoms with Crippen molar-refractivity contribution < 1.29 is 24.2 Å². The molecule has 3 heterocycles. The van der Waals surface area contributed by atoms with E-state index >= 15 is 0 Å². The number of rotatable bonds is 5. The quantitative estimate of drug-likeness (QED) is 0.373. The molecule has 0 atom stereocenters. The van der Waals surface area contributed by atoms with Gasteiger partial charge < -0.3 is 29.9 Å². The zero-order valence-corrected chi connectivity index (χ0v) is 24.4. The van der Waals surface area contributed by atoms with Gasteiger partial charge in [-0.1, -0.05) is 37.5 Å². The van der Waals surface area contributed by atoms with Gasteiger partial charge in [0.05, 0.1) is 12.2 Å². The van der Waals surface area contributed by atoms with Crippen LogP contribution < -0.4 is 15.4 Å². The lowest BCUT2D eigenvalue weighted by Gasteiger charge is -2.37. The molecule has 1 saturated heterocycles. The van der Waals surface area contributed by atoms with Crippen LogP contribution in [0.3, 0.4) is 0 Å². The Morgan fingerprint density at radius 2 is 1.69 bits per heavy atom. The molecule has 2 fully saturated rings. The number of hydrogen-bond acceptors (Lipinski definition) is 4. The van der Waals surface area contributed by atoms with Crippen molar-refractivity contribution in [2.45, 2.75) is 82.8 Å². The highest BCUT2D eigenvalue weighted by molar-refractivity contribution is 6.03. The number of ether oxygens (including phenoxy) is 1. The summed E-state index contributed by atoms with van der Waals surface area (Å²) in [6, 6.07) is 14.0. The molecule has 3 aromatic rings. The minimum atomic E-state index is -1.12. The lowest BCUT2D eigenvalue weighted by molar-refractivity contribution is -0.137. The number of benzene rings is 2. The lowest BCUT2D eigenvalue weighted by Crippen LogP contribution is -2.58. The number of likely N-dealkylation sites (tertiary alicyclic amines) is 1. The van der Waals surface area contributed by atoms with Gasteiger partial charge in [0.2, 0.25) is 5.91 Å². The molecule has 1 aromatic heterocycles. The molecule has 3 amide bonds.